The van der Waals surface area contributed by atoms with Crippen molar-refractivity contribution in [2.45, 2.75) is 20.4 Å². The predicted molar refractivity (Wildman–Crippen MR) is 128 cm³/mol. The summed E-state index contributed by atoms with van der Waals surface area (Å²) in [5, 5.41) is 15.3. The number of nitrogens with zero attached hydrogens (tertiary/aromatic N) is 2. The molecule has 1 amide bonds. The molecule has 0 radical (unpaired) electrons. The number of nitrogens with one attached hydrogen (secondary N) is 2. The maximum absolute atomic E-state index is 12.8. The van der Waals surface area contributed by atoms with Crippen molar-refractivity contribution in [3.63, 3.8) is 0 Å². The van der Waals surface area contributed by atoms with Crippen molar-refractivity contribution in [2.75, 3.05) is 0 Å². The second-order valence-electron chi connectivity index (χ2n) is 7.86. The van der Waals surface area contributed by atoms with E-state index in [2.05, 4.69) is 15.3 Å². The number of benzene rings is 1. The average molecular weight is 457 g/mol. The van der Waals surface area contributed by atoms with E-state index in [9.17, 15) is 14.7 Å². The van der Waals surface area contributed by atoms with Gasteiger partial charge in [-0.2, -0.15) is 0 Å². The molecule has 4 heterocycles. The summed E-state index contributed by atoms with van der Waals surface area (Å²) < 4.78 is 0. The fourth-order valence-corrected chi connectivity index (χ4v) is 4.91. The fourth-order valence-electron chi connectivity index (χ4n) is 4.09. The van der Waals surface area contributed by atoms with Gasteiger partial charge in [0.15, 0.2) is 0 Å². The Morgan fingerprint density at radius 2 is 2.06 bits per heavy atom. The number of aromatic amines is 1. The summed E-state index contributed by atoms with van der Waals surface area (Å²) in [6, 6.07) is 9.83. The maximum atomic E-state index is 12.8. The van der Waals surface area contributed by atoms with Crippen molar-refractivity contribution < 1.29 is 14.7 Å². The Labute approximate surface area is 193 Å². The molecule has 0 atom stereocenters. The molecule has 0 bridgehead atoms. The van der Waals surface area contributed by atoms with E-state index < -0.39 is 5.97 Å². The Hall–Kier alpha value is -4.04. The number of amides is 1. The molecule has 0 unspecified atom stereocenters. The van der Waals surface area contributed by atoms with Crippen LogP contribution >= 0.6 is 11.3 Å². The average Bonchev–Trinajstić information content (AvgIpc) is 3.41. The van der Waals surface area contributed by atoms with Crippen molar-refractivity contribution in [1.29, 1.82) is 0 Å². The molecule has 0 saturated carbocycles. The van der Waals surface area contributed by atoms with Crippen LogP contribution in [0.25, 0.3) is 33.5 Å². The Kier molecular flexibility index (Phi) is 5.14. The predicted octanol–water partition coefficient (Wildman–Crippen LogP) is 4.69. The number of aromatic nitrogens is 3. The van der Waals surface area contributed by atoms with Crippen LogP contribution in [0.3, 0.4) is 0 Å². The van der Waals surface area contributed by atoms with Gasteiger partial charge in [-0.1, -0.05) is 12.1 Å². The fraction of sp³-hybridized carbons (Fsp3) is 0.120. The monoisotopic (exact) mass is 456 g/mol. The molecule has 4 aromatic rings. The van der Waals surface area contributed by atoms with E-state index in [1.165, 1.54) is 0 Å². The van der Waals surface area contributed by atoms with E-state index >= 15 is 0 Å². The lowest BCUT2D eigenvalue weighted by Crippen LogP contribution is -2.29. The van der Waals surface area contributed by atoms with Gasteiger partial charge < -0.3 is 15.4 Å². The zero-order valence-electron chi connectivity index (χ0n) is 18.0. The van der Waals surface area contributed by atoms with Crippen LogP contribution in [0.1, 0.15) is 38.4 Å². The topological polar surface area (TPSA) is 108 Å². The number of carboxylic acid groups (broad SMARTS) is 1. The number of hydrogen-bond donors (Lipinski definition) is 3. The van der Waals surface area contributed by atoms with Gasteiger partial charge in [-0.15, -0.1) is 11.3 Å². The Balaban J connectivity index is 1.58. The highest BCUT2D eigenvalue weighted by Gasteiger charge is 2.24. The summed E-state index contributed by atoms with van der Waals surface area (Å²) in [6.45, 7) is 3.90. The summed E-state index contributed by atoms with van der Waals surface area (Å²) in [5.74, 6) is -1.19. The van der Waals surface area contributed by atoms with E-state index in [0.29, 0.717) is 29.1 Å². The van der Waals surface area contributed by atoms with Crippen LogP contribution < -0.4 is 5.32 Å². The van der Waals surface area contributed by atoms with E-state index in [0.717, 1.165) is 33.0 Å². The number of carbonyl (C=O) groups is 2. The number of aryl methyl sites for hydroxylation is 1. The number of fused-ring (bicyclic) bond motifs is 1. The van der Waals surface area contributed by atoms with Crippen molar-refractivity contribution in [3.8, 4) is 21.8 Å². The maximum Gasteiger partial charge on any atom is 0.337 e. The first-order valence-electron chi connectivity index (χ1n) is 10.3. The van der Waals surface area contributed by atoms with Gasteiger partial charge >= 0.3 is 5.97 Å². The van der Waals surface area contributed by atoms with Crippen LogP contribution in [-0.2, 0) is 11.3 Å². The number of rotatable bonds is 4. The zero-order valence-corrected chi connectivity index (χ0v) is 18.8. The number of carboxylic acids is 1. The SMILES string of the molecule is Cc1[nH]c(/C=C2\C(=O)NCc3ccc(-c4csc(-c5cccnc5)n4)cc32)c(C)c1C(=O)O. The normalized spacial score (nSPS) is 14.2. The van der Waals surface area contributed by atoms with Crippen molar-refractivity contribution in [2.24, 2.45) is 0 Å². The molecular weight excluding hydrogens is 436 g/mol. The van der Waals surface area contributed by atoms with Crippen LogP contribution in [0.5, 0.6) is 0 Å². The number of thiazole rings is 1. The van der Waals surface area contributed by atoms with Gasteiger partial charge in [0.1, 0.15) is 5.01 Å². The summed E-state index contributed by atoms with van der Waals surface area (Å²) in [5.41, 5.74) is 6.99. The molecule has 0 fully saturated rings. The van der Waals surface area contributed by atoms with Crippen LogP contribution in [0, 0.1) is 13.8 Å². The first kappa shape index (κ1) is 20.8. The lowest BCUT2D eigenvalue weighted by Gasteiger charge is -2.20. The molecule has 0 spiro atoms. The second kappa shape index (κ2) is 8.14. The molecule has 3 aromatic heterocycles. The molecule has 1 aromatic carbocycles. The Morgan fingerprint density at radius 3 is 2.79 bits per heavy atom. The molecule has 1 aliphatic heterocycles. The molecule has 164 valence electrons. The second-order valence-corrected chi connectivity index (χ2v) is 8.72. The van der Waals surface area contributed by atoms with Gasteiger partial charge in [-0.3, -0.25) is 9.78 Å². The molecule has 7 nitrogen and oxygen atoms in total. The number of hydrogen-bond acceptors (Lipinski definition) is 5. The number of aromatic carboxylic acids is 1. The largest absolute Gasteiger partial charge is 0.478 e. The van der Waals surface area contributed by atoms with Gasteiger partial charge in [0.25, 0.3) is 5.91 Å². The molecular formula is C25H20N4O3S. The number of carbonyl (C=O) groups excluding carboxylic acids is 1. The molecule has 8 heteroatoms. The lowest BCUT2D eigenvalue weighted by molar-refractivity contribution is -0.115. The quantitative estimate of drug-likeness (QED) is 0.386. The molecule has 0 saturated heterocycles. The van der Waals surface area contributed by atoms with Crippen LogP contribution in [-0.4, -0.2) is 31.9 Å². The molecule has 5 rings (SSSR count). The highest BCUT2D eigenvalue weighted by molar-refractivity contribution is 7.13. The summed E-state index contributed by atoms with van der Waals surface area (Å²) in [4.78, 5) is 36.4. The third-order valence-corrected chi connectivity index (χ3v) is 6.66. The van der Waals surface area contributed by atoms with Crippen LogP contribution in [0.15, 0.2) is 48.1 Å². The summed E-state index contributed by atoms with van der Waals surface area (Å²) >= 11 is 1.54. The minimum absolute atomic E-state index is 0.197. The molecule has 3 N–H and O–H groups in total. The Bertz CT molecular complexity index is 1430. The van der Waals surface area contributed by atoms with Gasteiger partial charge in [0.05, 0.1) is 11.3 Å². The first-order valence-corrected chi connectivity index (χ1v) is 11.2. The zero-order chi connectivity index (χ0) is 23.1. The number of pyridine rings is 1. The van der Waals surface area contributed by atoms with E-state index in [4.69, 9.17) is 4.98 Å². The van der Waals surface area contributed by atoms with Crippen LogP contribution in [0.4, 0.5) is 0 Å². The van der Waals surface area contributed by atoms with E-state index in [1.807, 2.05) is 35.7 Å². The first-order chi connectivity index (χ1) is 15.9. The van der Waals surface area contributed by atoms with Crippen molar-refractivity contribution in [3.05, 3.63) is 81.7 Å². The molecule has 33 heavy (non-hydrogen) atoms. The summed E-state index contributed by atoms with van der Waals surface area (Å²) in [6.07, 6.45) is 5.24. The van der Waals surface area contributed by atoms with Gasteiger partial charge in [-0.05, 0) is 54.8 Å². The van der Waals surface area contributed by atoms with Gasteiger partial charge in [0, 0.05) is 52.4 Å². The third-order valence-electron chi connectivity index (χ3n) is 5.77. The van der Waals surface area contributed by atoms with E-state index in [1.54, 1.807) is 43.7 Å². The van der Waals surface area contributed by atoms with E-state index in [-0.39, 0.29) is 11.5 Å². The lowest BCUT2D eigenvalue weighted by atomic mass is 9.92. The number of H-pyrrole nitrogens is 1. The minimum Gasteiger partial charge on any atom is -0.478 e. The highest BCUT2D eigenvalue weighted by atomic mass is 32.1. The summed E-state index contributed by atoms with van der Waals surface area (Å²) in [7, 11) is 0. The van der Waals surface area contributed by atoms with Gasteiger partial charge in [-0.25, -0.2) is 9.78 Å². The standard InChI is InChI=1S/C25H20N4O3S/c1-13-20(28-14(2)22(13)25(31)32)9-19-18-8-15(5-6-16(18)11-27-23(19)30)21-12-33-24(29-21)17-4-3-7-26-10-17/h3-10,12,28H,11H2,1-2H3,(H,27,30)(H,31,32)/b19-9-. The molecule has 1 aliphatic rings. The minimum atomic E-state index is -0.991. The smallest absolute Gasteiger partial charge is 0.337 e. The Morgan fingerprint density at radius 1 is 1.21 bits per heavy atom. The van der Waals surface area contributed by atoms with Crippen molar-refractivity contribution in [1.82, 2.24) is 20.3 Å². The van der Waals surface area contributed by atoms with Gasteiger partial charge in [0.2, 0.25) is 0 Å². The third kappa shape index (κ3) is 3.74. The van der Waals surface area contributed by atoms with Crippen LogP contribution in [0.2, 0.25) is 0 Å². The van der Waals surface area contributed by atoms with Crippen molar-refractivity contribution >= 4 is 34.9 Å². The highest BCUT2D eigenvalue weighted by Crippen LogP contribution is 2.34. The molecule has 0 aliphatic carbocycles.